The van der Waals surface area contributed by atoms with E-state index in [4.69, 9.17) is 4.52 Å². The zero-order valence-corrected chi connectivity index (χ0v) is 13.8. The number of carbonyl (C=O) groups excluding carboxylic acids is 1. The third kappa shape index (κ3) is 4.15. The maximum atomic E-state index is 12.2. The third-order valence-corrected chi connectivity index (χ3v) is 4.07. The lowest BCUT2D eigenvalue weighted by atomic mass is 10.2. The fourth-order valence-electron chi connectivity index (χ4n) is 1.88. The topological polar surface area (TPSA) is 58.4 Å². The summed E-state index contributed by atoms with van der Waals surface area (Å²) in [6.45, 7) is 4.34. The standard InChI is InChI=1S/C15H18BrN3O2/c1-10-8-14(21-18-10)17-15(20)11(2)19(3)9-12-6-4-5-7-13(12)16/h4-8,11H,9H2,1-3H3,(H,17,20)/t11-/m0/s1. The van der Waals surface area contributed by atoms with Gasteiger partial charge in [-0.25, -0.2) is 0 Å². The molecule has 112 valence electrons. The van der Waals surface area contributed by atoms with E-state index in [-0.39, 0.29) is 11.9 Å². The lowest BCUT2D eigenvalue weighted by Crippen LogP contribution is -2.39. The molecule has 2 rings (SSSR count). The highest BCUT2D eigenvalue weighted by atomic mass is 79.9. The summed E-state index contributed by atoms with van der Waals surface area (Å²) in [4.78, 5) is 14.2. The number of carbonyl (C=O) groups is 1. The van der Waals surface area contributed by atoms with Gasteiger partial charge in [-0.3, -0.25) is 15.0 Å². The number of aromatic nitrogens is 1. The smallest absolute Gasteiger partial charge is 0.243 e. The van der Waals surface area contributed by atoms with Gasteiger partial charge < -0.3 is 4.52 Å². The summed E-state index contributed by atoms with van der Waals surface area (Å²) in [6, 6.07) is 9.38. The van der Waals surface area contributed by atoms with Crippen molar-refractivity contribution in [1.82, 2.24) is 10.1 Å². The number of halogens is 1. The molecule has 0 spiro atoms. The highest BCUT2D eigenvalue weighted by Gasteiger charge is 2.20. The predicted octanol–water partition coefficient (Wildman–Crippen LogP) is 3.20. The van der Waals surface area contributed by atoms with Gasteiger partial charge in [0.1, 0.15) is 0 Å². The molecule has 0 saturated carbocycles. The van der Waals surface area contributed by atoms with Crippen molar-refractivity contribution in [3.63, 3.8) is 0 Å². The summed E-state index contributed by atoms with van der Waals surface area (Å²) in [5.74, 6) is 0.249. The summed E-state index contributed by atoms with van der Waals surface area (Å²) in [6.07, 6.45) is 0. The number of hydrogen-bond acceptors (Lipinski definition) is 4. The van der Waals surface area contributed by atoms with E-state index in [2.05, 4.69) is 26.4 Å². The fourth-order valence-corrected chi connectivity index (χ4v) is 2.29. The van der Waals surface area contributed by atoms with Gasteiger partial charge in [0, 0.05) is 17.1 Å². The number of nitrogens with one attached hydrogen (secondary N) is 1. The van der Waals surface area contributed by atoms with Gasteiger partial charge in [-0.15, -0.1) is 0 Å². The van der Waals surface area contributed by atoms with E-state index in [1.807, 2.05) is 50.1 Å². The number of anilines is 1. The van der Waals surface area contributed by atoms with Crippen LogP contribution in [0.2, 0.25) is 0 Å². The number of aryl methyl sites for hydroxylation is 1. The van der Waals surface area contributed by atoms with E-state index in [1.165, 1.54) is 0 Å². The van der Waals surface area contributed by atoms with Crippen LogP contribution in [0.1, 0.15) is 18.2 Å². The second-order valence-electron chi connectivity index (χ2n) is 5.00. The van der Waals surface area contributed by atoms with Crippen LogP contribution in [-0.4, -0.2) is 29.1 Å². The first kappa shape index (κ1) is 15.7. The van der Waals surface area contributed by atoms with Gasteiger partial charge in [0.2, 0.25) is 11.8 Å². The van der Waals surface area contributed by atoms with Crippen LogP contribution in [0.3, 0.4) is 0 Å². The quantitative estimate of drug-likeness (QED) is 0.898. The Hall–Kier alpha value is -1.66. The van der Waals surface area contributed by atoms with Crippen molar-refractivity contribution >= 4 is 27.7 Å². The van der Waals surface area contributed by atoms with Crippen molar-refractivity contribution in [2.45, 2.75) is 26.4 Å². The first-order valence-corrected chi connectivity index (χ1v) is 7.44. The number of hydrogen-bond donors (Lipinski definition) is 1. The van der Waals surface area contributed by atoms with Crippen LogP contribution in [0.25, 0.3) is 0 Å². The Labute approximate surface area is 132 Å². The van der Waals surface area contributed by atoms with Crippen molar-refractivity contribution < 1.29 is 9.32 Å². The predicted molar refractivity (Wildman–Crippen MR) is 84.9 cm³/mol. The van der Waals surface area contributed by atoms with Gasteiger partial charge >= 0.3 is 0 Å². The SMILES string of the molecule is Cc1cc(NC(=O)[C@H](C)N(C)Cc2ccccc2Br)on1. The van der Waals surface area contributed by atoms with Crippen LogP contribution in [0.4, 0.5) is 5.88 Å². The normalized spacial score (nSPS) is 12.4. The maximum absolute atomic E-state index is 12.2. The van der Waals surface area contributed by atoms with Crippen molar-refractivity contribution in [2.75, 3.05) is 12.4 Å². The van der Waals surface area contributed by atoms with Gasteiger partial charge in [0.25, 0.3) is 0 Å². The zero-order chi connectivity index (χ0) is 15.4. The van der Waals surface area contributed by atoms with Crippen LogP contribution >= 0.6 is 15.9 Å². The minimum absolute atomic E-state index is 0.124. The second kappa shape index (κ2) is 6.87. The molecular formula is C15H18BrN3O2. The van der Waals surface area contributed by atoms with Crippen molar-refractivity contribution in [3.8, 4) is 0 Å². The van der Waals surface area contributed by atoms with Crippen LogP contribution in [-0.2, 0) is 11.3 Å². The van der Waals surface area contributed by atoms with E-state index < -0.39 is 0 Å². The number of rotatable bonds is 5. The molecule has 1 atom stereocenters. The minimum Gasteiger partial charge on any atom is -0.338 e. The molecule has 0 saturated heterocycles. The third-order valence-electron chi connectivity index (χ3n) is 3.29. The molecule has 1 aromatic heterocycles. The van der Waals surface area contributed by atoms with E-state index >= 15 is 0 Å². The molecular weight excluding hydrogens is 334 g/mol. The molecule has 6 heteroatoms. The summed E-state index contributed by atoms with van der Waals surface area (Å²) in [5.41, 5.74) is 1.87. The molecule has 0 fully saturated rings. The molecule has 1 aromatic carbocycles. The van der Waals surface area contributed by atoms with Gasteiger partial charge in [0.05, 0.1) is 11.7 Å². The van der Waals surface area contributed by atoms with Gasteiger partial charge in [-0.2, -0.15) is 0 Å². The Balaban J connectivity index is 1.97. The highest BCUT2D eigenvalue weighted by molar-refractivity contribution is 9.10. The summed E-state index contributed by atoms with van der Waals surface area (Å²) >= 11 is 3.52. The Morgan fingerprint density at radius 2 is 2.19 bits per heavy atom. The zero-order valence-electron chi connectivity index (χ0n) is 12.3. The summed E-state index contributed by atoms with van der Waals surface area (Å²) in [5, 5.41) is 6.47. The van der Waals surface area contributed by atoms with Gasteiger partial charge in [-0.1, -0.05) is 39.3 Å². The van der Waals surface area contributed by atoms with E-state index in [0.717, 1.165) is 15.7 Å². The van der Waals surface area contributed by atoms with E-state index in [0.29, 0.717) is 12.4 Å². The molecule has 5 nitrogen and oxygen atoms in total. The molecule has 1 heterocycles. The molecule has 0 unspecified atom stereocenters. The van der Waals surface area contributed by atoms with Crippen LogP contribution in [0.15, 0.2) is 39.3 Å². The van der Waals surface area contributed by atoms with Crippen molar-refractivity contribution in [1.29, 1.82) is 0 Å². The Bertz CT molecular complexity index is 627. The summed E-state index contributed by atoms with van der Waals surface area (Å²) in [7, 11) is 1.91. The summed E-state index contributed by atoms with van der Waals surface area (Å²) < 4.78 is 6.03. The van der Waals surface area contributed by atoms with E-state index in [9.17, 15) is 4.79 Å². The highest BCUT2D eigenvalue weighted by Crippen LogP contribution is 2.18. The minimum atomic E-state index is -0.289. The van der Waals surface area contributed by atoms with Crippen molar-refractivity contribution in [2.24, 2.45) is 0 Å². The van der Waals surface area contributed by atoms with Crippen LogP contribution < -0.4 is 5.32 Å². The molecule has 0 aliphatic rings. The fraction of sp³-hybridized carbons (Fsp3) is 0.333. The molecule has 1 amide bonds. The van der Waals surface area contributed by atoms with Crippen molar-refractivity contribution in [3.05, 3.63) is 46.1 Å². The monoisotopic (exact) mass is 351 g/mol. The molecule has 0 aliphatic heterocycles. The molecule has 1 N–H and O–H groups in total. The average Bonchev–Trinajstić information content (AvgIpc) is 2.85. The molecule has 2 aromatic rings. The number of likely N-dealkylation sites (N-methyl/N-ethyl adjacent to an activating group) is 1. The van der Waals surface area contributed by atoms with E-state index in [1.54, 1.807) is 6.07 Å². The molecule has 0 bridgehead atoms. The first-order chi connectivity index (χ1) is 9.97. The maximum Gasteiger partial charge on any atom is 0.243 e. The first-order valence-electron chi connectivity index (χ1n) is 6.65. The Kier molecular flexibility index (Phi) is 5.14. The average molecular weight is 352 g/mol. The molecule has 0 radical (unpaired) electrons. The Morgan fingerprint density at radius 3 is 2.81 bits per heavy atom. The molecule has 0 aliphatic carbocycles. The second-order valence-corrected chi connectivity index (χ2v) is 5.86. The van der Waals surface area contributed by atoms with Gasteiger partial charge in [-0.05, 0) is 32.5 Å². The lowest BCUT2D eigenvalue weighted by molar-refractivity contribution is -0.120. The van der Waals surface area contributed by atoms with Crippen LogP contribution in [0.5, 0.6) is 0 Å². The Morgan fingerprint density at radius 1 is 1.48 bits per heavy atom. The number of nitrogens with zero attached hydrogens (tertiary/aromatic N) is 2. The van der Waals surface area contributed by atoms with Gasteiger partial charge in [0.15, 0.2) is 0 Å². The number of amides is 1. The lowest BCUT2D eigenvalue weighted by Gasteiger charge is -2.23. The molecule has 21 heavy (non-hydrogen) atoms. The number of benzene rings is 1. The van der Waals surface area contributed by atoms with Crippen LogP contribution in [0, 0.1) is 6.92 Å². The largest absolute Gasteiger partial charge is 0.338 e.